The van der Waals surface area contributed by atoms with E-state index < -0.39 is 15.9 Å². The summed E-state index contributed by atoms with van der Waals surface area (Å²) in [6, 6.07) is 10.9. The molecule has 4 N–H and O–H groups in total. The number of nitrogens with two attached hydrogens (primary N) is 2. The van der Waals surface area contributed by atoms with Crippen molar-refractivity contribution in [2.75, 3.05) is 19.6 Å². The average Bonchev–Trinajstić information content (AvgIpc) is 2.94. The van der Waals surface area contributed by atoms with Gasteiger partial charge in [0.25, 0.3) is 5.91 Å². The van der Waals surface area contributed by atoms with Crippen molar-refractivity contribution in [3.8, 4) is 0 Å². The maximum absolute atomic E-state index is 12.6. The number of rotatable bonds is 7. The summed E-state index contributed by atoms with van der Waals surface area (Å²) in [5.74, 6) is -0.371. The minimum atomic E-state index is -3.93. The third kappa shape index (κ3) is 4.44. The minimum Gasteiger partial charge on any atom is -0.455 e. The van der Waals surface area contributed by atoms with Crippen molar-refractivity contribution in [3.63, 3.8) is 0 Å². The second-order valence-corrected chi connectivity index (χ2v) is 6.92. The minimum absolute atomic E-state index is 0.0574. The van der Waals surface area contributed by atoms with E-state index in [9.17, 15) is 13.2 Å². The highest BCUT2D eigenvalue weighted by Crippen LogP contribution is 2.20. The summed E-state index contributed by atoms with van der Waals surface area (Å²) < 4.78 is 28.2. The fourth-order valence-electron chi connectivity index (χ4n) is 2.39. The average molecular weight is 351 g/mol. The lowest BCUT2D eigenvalue weighted by Crippen LogP contribution is -2.36. The van der Waals surface area contributed by atoms with Crippen LogP contribution in [0.25, 0.3) is 0 Å². The van der Waals surface area contributed by atoms with Gasteiger partial charge in [0.05, 0.1) is 0 Å². The number of sulfonamides is 1. The topological polar surface area (TPSA) is 120 Å². The van der Waals surface area contributed by atoms with Gasteiger partial charge in [-0.25, -0.2) is 13.6 Å². The van der Waals surface area contributed by atoms with Crippen molar-refractivity contribution in [2.24, 2.45) is 10.9 Å². The highest BCUT2D eigenvalue weighted by molar-refractivity contribution is 7.89. The predicted molar refractivity (Wildman–Crippen MR) is 89.9 cm³/mol. The molecule has 8 heteroatoms. The molecule has 24 heavy (non-hydrogen) atoms. The van der Waals surface area contributed by atoms with Crippen LogP contribution in [0.3, 0.4) is 0 Å². The zero-order valence-corrected chi connectivity index (χ0v) is 14.3. The first-order chi connectivity index (χ1) is 11.3. The SMILES string of the molecule is Cc1oc(C(=O)N(CCN)CCc2ccccc2)cc1S(N)(=O)=O. The van der Waals surface area contributed by atoms with Gasteiger partial charge in [-0.1, -0.05) is 30.3 Å². The number of hydrogen-bond donors (Lipinski definition) is 2. The van der Waals surface area contributed by atoms with E-state index in [1.54, 1.807) is 0 Å². The van der Waals surface area contributed by atoms with Crippen LogP contribution >= 0.6 is 0 Å². The number of primary sulfonamides is 1. The molecule has 0 spiro atoms. The van der Waals surface area contributed by atoms with E-state index in [0.717, 1.165) is 5.56 Å². The van der Waals surface area contributed by atoms with Crippen LogP contribution in [0.2, 0.25) is 0 Å². The van der Waals surface area contributed by atoms with Gasteiger partial charge in [-0.3, -0.25) is 4.79 Å². The molecule has 1 amide bonds. The molecule has 130 valence electrons. The van der Waals surface area contributed by atoms with Crippen molar-refractivity contribution in [1.82, 2.24) is 4.90 Å². The number of benzene rings is 1. The first-order valence-electron chi connectivity index (χ1n) is 7.49. The fourth-order valence-corrected chi connectivity index (χ4v) is 3.10. The van der Waals surface area contributed by atoms with E-state index in [2.05, 4.69) is 0 Å². The molecule has 2 rings (SSSR count). The Morgan fingerprint density at radius 3 is 2.42 bits per heavy atom. The molecule has 0 saturated heterocycles. The molecule has 7 nitrogen and oxygen atoms in total. The smallest absolute Gasteiger partial charge is 0.289 e. The molecule has 0 aliphatic rings. The summed E-state index contributed by atoms with van der Waals surface area (Å²) in [4.78, 5) is 14.0. The van der Waals surface area contributed by atoms with Crippen molar-refractivity contribution in [3.05, 3.63) is 53.5 Å². The Labute approximate surface area is 141 Å². The van der Waals surface area contributed by atoms with Crippen LogP contribution in [0, 0.1) is 6.92 Å². The molecule has 1 aromatic carbocycles. The van der Waals surface area contributed by atoms with Crippen molar-refractivity contribution in [2.45, 2.75) is 18.2 Å². The third-order valence-electron chi connectivity index (χ3n) is 3.59. The number of aryl methyl sites for hydroxylation is 1. The second-order valence-electron chi connectivity index (χ2n) is 5.39. The second kappa shape index (κ2) is 7.61. The van der Waals surface area contributed by atoms with Gasteiger partial charge in [0.1, 0.15) is 10.7 Å². The van der Waals surface area contributed by atoms with Crippen LogP contribution in [0.5, 0.6) is 0 Å². The molecule has 0 bridgehead atoms. The molecule has 2 aromatic rings. The molecule has 0 aliphatic heterocycles. The monoisotopic (exact) mass is 351 g/mol. The maximum Gasteiger partial charge on any atom is 0.289 e. The lowest BCUT2D eigenvalue weighted by molar-refractivity contribution is 0.0728. The van der Waals surface area contributed by atoms with Crippen LogP contribution in [0.4, 0.5) is 0 Å². The van der Waals surface area contributed by atoms with E-state index in [-0.39, 0.29) is 16.4 Å². The van der Waals surface area contributed by atoms with Gasteiger partial charge in [-0.05, 0) is 18.9 Å². The quantitative estimate of drug-likeness (QED) is 0.767. The van der Waals surface area contributed by atoms with E-state index >= 15 is 0 Å². The van der Waals surface area contributed by atoms with Crippen LogP contribution in [-0.4, -0.2) is 38.9 Å². The Balaban J connectivity index is 2.17. The largest absolute Gasteiger partial charge is 0.455 e. The summed E-state index contributed by atoms with van der Waals surface area (Å²) >= 11 is 0. The number of nitrogens with zero attached hydrogens (tertiary/aromatic N) is 1. The molecule has 0 radical (unpaired) electrons. The van der Waals surface area contributed by atoms with E-state index in [4.69, 9.17) is 15.3 Å². The Hall–Kier alpha value is -2.16. The Morgan fingerprint density at radius 1 is 1.21 bits per heavy atom. The Bertz CT molecular complexity index is 800. The Morgan fingerprint density at radius 2 is 1.88 bits per heavy atom. The van der Waals surface area contributed by atoms with E-state index in [0.29, 0.717) is 26.1 Å². The van der Waals surface area contributed by atoms with Gasteiger partial charge in [-0.15, -0.1) is 0 Å². The standard InChI is InChI=1S/C16H21N3O4S/c1-12-15(24(18,21)22)11-14(23-12)16(20)19(10-8-17)9-7-13-5-3-2-4-6-13/h2-6,11H,7-10,17H2,1H3,(H2,18,21,22). The highest BCUT2D eigenvalue weighted by Gasteiger charge is 2.24. The number of amides is 1. The van der Waals surface area contributed by atoms with Crippen molar-refractivity contribution >= 4 is 15.9 Å². The molecular weight excluding hydrogens is 330 g/mol. The normalized spacial score (nSPS) is 11.5. The van der Waals surface area contributed by atoms with E-state index in [1.807, 2.05) is 30.3 Å². The molecule has 0 fully saturated rings. The van der Waals surface area contributed by atoms with Gasteiger partial charge < -0.3 is 15.1 Å². The summed E-state index contributed by atoms with van der Waals surface area (Å²) in [6.45, 7) is 2.54. The molecule has 0 atom stereocenters. The van der Waals surface area contributed by atoms with Gasteiger partial charge in [0.15, 0.2) is 5.76 Å². The zero-order valence-electron chi connectivity index (χ0n) is 13.4. The summed E-state index contributed by atoms with van der Waals surface area (Å²) in [7, 11) is -3.93. The maximum atomic E-state index is 12.6. The first-order valence-corrected chi connectivity index (χ1v) is 9.04. The number of carbonyl (C=O) groups excluding carboxylic acids is 1. The van der Waals surface area contributed by atoms with Gasteiger partial charge in [-0.2, -0.15) is 0 Å². The van der Waals surface area contributed by atoms with Crippen LogP contribution in [0.15, 0.2) is 45.7 Å². The summed E-state index contributed by atoms with van der Waals surface area (Å²) in [6.07, 6.45) is 0.661. The van der Waals surface area contributed by atoms with Crippen LogP contribution in [-0.2, 0) is 16.4 Å². The zero-order chi connectivity index (χ0) is 17.7. The van der Waals surface area contributed by atoms with Crippen molar-refractivity contribution in [1.29, 1.82) is 0 Å². The number of carbonyl (C=O) groups is 1. The molecule has 0 unspecified atom stereocenters. The van der Waals surface area contributed by atoms with Crippen molar-refractivity contribution < 1.29 is 17.6 Å². The fraction of sp³-hybridized carbons (Fsp3) is 0.312. The number of furan rings is 1. The summed E-state index contributed by atoms with van der Waals surface area (Å²) in [5.41, 5.74) is 6.67. The molecule has 0 aliphatic carbocycles. The number of hydrogen-bond acceptors (Lipinski definition) is 5. The summed E-state index contributed by atoms with van der Waals surface area (Å²) in [5, 5.41) is 5.11. The predicted octanol–water partition coefficient (Wildman–Crippen LogP) is 0.879. The molecule has 1 aromatic heterocycles. The third-order valence-corrected chi connectivity index (χ3v) is 4.61. The van der Waals surface area contributed by atoms with Gasteiger partial charge >= 0.3 is 0 Å². The lowest BCUT2D eigenvalue weighted by Gasteiger charge is -2.20. The lowest BCUT2D eigenvalue weighted by atomic mass is 10.1. The molecule has 1 heterocycles. The first kappa shape index (κ1) is 18.2. The van der Waals surface area contributed by atoms with E-state index in [1.165, 1.54) is 17.9 Å². The highest BCUT2D eigenvalue weighted by atomic mass is 32.2. The molecular formula is C16H21N3O4S. The molecule has 0 saturated carbocycles. The Kier molecular flexibility index (Phi) is 5.76. The van der Waals surface area contributed by atoms with Crippen LogP contribution in [0.1, 0.15) is 21.9 Å². The van der Waals surface area contributed by atoms with Crippen LogP contribution < -0.4 is 10.9 Å². The van der Waals surface area contributed by atoms with Gasteiger partial charge in [0.2, 0.25) is 10.0 Å². The van der Waals surface area contributed by atoms with Gasteiger partial charge in [0, 0.05) is 25.7 Å².